The second-order valence-corrected chi connectivity index (χ2v) is 17.4. The number of carboxylic acid groups (broad SMARTS) is 1. The number of aliphatic hydroxyl groups is 1. The molecule has 0 unspecified atom stereocenters. The highest BCUT2D eigenvalue weighted by Gasteiger charge is 2.60. The molecule has 4 heterocycles. The number of aromatic amines is 1. The SMILES string of the molecule is CC[C@H]1OC(=O)[C@@](C)(F)C(=O)[C@H](C)[C@@H](O[C@@H]2O[C@H](C)C[C@H](N(C)C)[C@H]2O)[C@](C)(OC)C[C@@H](C)/C(=N\OC/C=C/c2ccc3[nH]cc(C(=O)O)c(=O)c3c2)[C@H](C)[C@H]2OC(=O)O[C@@]21C. The van der Waals surface area contributed by atoms with E-state index in [0.29, 0.717) is 23.2 Å². The molecule has 0 aliphatic carbocycles. The number of carbonyl (C=O) groups is 4. The molecule has 13 atom stereocenters. The van der Waals surface area contributed by atoms with E-state index in [0.717, 1.165) is 13.1 Å². The summed E-state index contributed by atoms with van der Waals surface area (Å²) < 4.78 is 52.8. The van der Waals surface area contributed by atoms with Crippen LogP contribution in [0.3, 0.4) is 0 Å². The van der Waals surface area contributed by atoms with Crippen LogP contribution in [-0.4, -0.2) is 137 Å². The molecular formula is C44H60FN3O14. The fourth-order valence-corrected chi connectivity index (χ4v) is 9.07. The number of ether oxygens (including phenoxy) is 6. The normalized spacial score (nSPS) is 36.9. The Labute approximate surface area is 359 Å². The number of rotatable bonds is 10. The first-order chi connectivity index (χ1) is 29.0. The number of esters is 1. The molecule has 0 amide bonds. The Balaban J connectivity index is 1.56. The number of nitrogens with zero attached hydrogens (tertiary/aromatic N) is 2. The van der Waals surface area contributed by atoms with Gasteiger partial charge in [-0.05, 0) is 84.8 Å². The molecule has 1 aromatic carbocycles. The number of aliphatic hydroxyl groups excluding tert-OH is 1. The number of pyridine rings is 1. The van der Waals surface area contributed by atoms with E-state index in [-0.39, 0.29) is 36.5 Å². The summed E-state index contributed by atoms with van der Waals surface area (Å²) in [7, 11) is 5.02. The molecule has 0 spiro atoms. The Bertz CT molecular complexity index is 2120. The maximum Gasteiger partial charge on any atom is 0.509 e. The number of Topliss-reactive ketones (excluding diaryl/α,β-unsaturated/α-hetero) is 1. The van der Waals surface area contributed by atoms with E-state index < -0.39 is 101 Å². The molecule has 17 nitrogen and oxygen atoms in total. The number of benzene rings is 1. The number of hydrogen-bond acceptors (Lipinski definition) is 15. The number of nitrogens with one attached hydrogen (secondary N) is 1. The average molecular weight is 874 g/mol. The van der Waals surface area contributed by atoms with E-state index in [1.807, 2.05) is 32.8 Å². The molecular weight excluding hydrogens is 813 g/mol. The molecule has 3 fully saturated rings. The van der Waals surface area contributed by atoms with Gasteiger partial charge in [0, 0.05) is 48.0 Å². The quantitative estimate of drug-likeness (QED) is 0.123. The number of alkyl halides is 1. The monoisotopic (exact) mass is 873 g/mol. The van der Waals surface area contributed by atoms with Crippen molar-refractivity contribution in [3.05, 3.63) is 51.8 Å². The van der Waals surface area contributed by atoms with Crippen LogP contribution in [-0.2, 0) is 42.8 Å². The van der Waals surface area contributed by atoms with Crippen LogP contribution in [0, 0.1) is 17.8 Å². The minimum absolute atomic E-state index is 0.0382. The molecule has 62 heavy (non-hydrogen) atoms. The highest BCUT2D eigenvalue weighted by Crippen LogP contribution is 2.43. The number of ketones is 1. The fraction of sp³-hybridized carbons (Fsp3) is 0.636. The zero-order chi connectivity index (χ0) is 46.1. The van der Waals surface area contributed by atoms with Crippen molar-refractivity contribution < 1.29 is 67.0 Å². The van der Waals surface area contributed by atoms with Crippen molar-refractivity contribution in [1.29, 1.82) is 0 Å². The number of halogens is 1. The van der Waals surface area contributed by atoms with Crippen LogP contribution in [0.2, 0.25) is 0 Å². The van der Waals surface area contributed by atoms with Gasteiger partial charge in [-0.3, -0.25) is 9.59 Å². The zero-order valence-electron chi connectivity index (χ0n) is 37.1. The number of oxime groups is 1. The molecule has 0 saturated carbocycles. The topological polar surface area (TPSA) is 222 Å². The van der Waals surface area contributed by atoms with E-state index in [1.165, 1.54) is 21.0 Å². The number of cyclic esters (lactones) is 1. The Morgan fingerprint density at radius 1 is 1.08 bits per heavy atom. The van der Waals surface area contributed by atoms with Crippen LogP contribution in [0.4, 0.5) is 9.18 Å². The lowest BCUT2D eigenvalue weighted by Crippen LogP contribution is -2.61. The highest BCUT2D eigenvalue weighted by atomic mass is 19.1. The van der Waals surface area contributed by atoms with E-state index >= 15 is 4.39 Å². The summed E-state index contributed by atoms with van der Waals surface area (Å²) in [5, 5.41) is 25.7. The number of aromatic carboxylic acids is 1. The highest BCUT2D eigenvalue weighted by molar-refractivity contribution is 6.08. The second kappa shape index (κ2) is 18.9. The minimum atomic E-state index is -3.21. The van der Waals surface area contributed by atoms with Gasteiger partial charge < -0.3 is 53.4 Å². The first-order valence-corrected chi connectivity index (χ1v) is 20.8. The van der Waals surface area contributed by atoms with Crippen LogP contribution in [0.15, 0.2) is 40.4 Å². The van der Waals surface area contributed by atoms with Gasteiger partial charge in [-0.25, -0.2) is 18.8 Å². The van der Waals surface area contributed by atoms with Crippen LogP contribution >= 0.6 is 0 Å². The third-order valence-electron chi connectivity index (χ3n) is 12.6. The third-order valence-corrected chi connectivity index (χ3v) is 12.6. The summed E-state index contributed by atoms with van der Waals surface area (Å²) in [6, 6.07) is 4.55. The maximum atomic E-state index is 16.8. The molecule has 342 valence electrons. The van der Waals surface area contributed by atoms with Crippen molar-refractivity contribution in [2.75, 3.05) is 27.8 Å². The van der Waals surface area contributed by atoms with Gasteiger partial charge in [0.1, 0.15) is 24.4 Å². The maximum absolute atomic E-state index is 16.8. The third kappa shape index (κ3) is 9.58. The summed E-state index contributed by atoms with van der Waals surface area (Å²) in [6.07, 6.45) is -2.64. The summed E-state index contributed by atoms with van der Waals surface area (Å²) >= 11 is 0. The van der Waals surface area contributed by atoms with Crippen LogP contribution in [0.1, 0.15) is 90.6 Å². The summed E-state index contributed by atoms with van der Waals surface area (Å²) in [4.78, 5) is 75.8. The number of carbonyl (C=O) groups excluding carboxylic acids is 3. The van der Waals surface area contributed by atoms with Crippen LogP contribution in [0.5, 0.6) is 0 Å². The summed E-state index contributed by atoms with van der Waals surface area (Å²) in [5.74, 6) is -6.82. The molecule has 3 N–H and O–H groups in total. The Kier molecular flexibility index (Phi) is 14.7. The summed E-state index contributed by atoms with van der Waals surface area (Å²) in [5.41, 5.74) is -5.96. The second-order valence-electron chi connectivity index (χ2n) is 17.4. The molecule has 3 aliphatic rings. The van der Waals surface area contributed by atoms with Crippen molar-refractivity contribution in [2.45, 2.75) is 134 Å². The van der Waals surface area contributed by atoms with Crippen LogP contribution in [0.25, 0.3) is 17.0 Å². The van der Waals surface area contributed by atoms with Crippen molar-refractivity contribution in [2.24, 2.45) is 22.9 Å². The van der Waals surface area contributed by atoms with Gasteiger partial charge in [-0.15, -0.1) is 0 Å². The molecule has 0 bridgehead atoms. The number of likely N-dealkylation sites (N-methyl/N-ethyl adjacent to an activating group) is 1. The van der Waals surface area contributed by atoms with E-state index in [1.54, 1.807) is 51.1 Å². The van der Waals surface area contributed by atoms with Gasteiger partial charge >= 0.3 is 18.1 Å². The van der Waals surface area contributed by atoms with Crippen molar-refractivity contribution >= 4 is 46.6 Å². The van der Waals surface area contributed by atoms with Gasteiger partial charge in [0.15, 0.2) is 23.8 Å². The standard InChI is InChI=1S/C44H60FN3O14/c1-12-31-44(8)37(61-41(55)62-44)24(4)32(47-57-17-13-14-26-15-16-29-27(19-26)33(49)28(21-46-29)38(52)53)22(2)20-42(6,56-11)36(25(5)35(51)43(7,45)40(54)59-31)60-39-34(50)30(48(9)10)18-23(3)58-39/h13-16,19,21-25,30-31,34,36-37,39,50H,12,17-18,20H2,1-11H3,(H,46,49)(H,52,53)/b14-13+,47-32+/t22-,23-,24+,25+,30+,31-,34-,36-,37-,39+,42-,43+,44-/m1/s1. The minimum Gasteiger partial charge on any atom is -0.477 e. The lowest BCUT2D eigenvalue weighted by molar-refractivity contribution is -0.295. The number of H-pyrrole nitrogens is 1. The van der Waals surface area contributed by atoms with Crippen molar-refractivity contribution in [3.63, 3.8) is 0 Å². The zero-order valence-corrected chi connectivity index (χ0v) is 37.1. The van der Waals surface area contributed by atoms with Crippen molar-refractivity contribution in [3.8, 4) is 0 Å². The van der Waals surface area contributed by atoms with Gasteiger partial charge in [0.05, 0.1) is 23.5 Å². The number of methoxy groups -OCH3 is 1. The van der Waals surface area contributed by atoms with Gasteiger partial charge in [-0.2, -0.15) is 0 Å². The Hall–Kier alpha value is -4.75. The smallest absolute Gasteiger partial charge is 0.477 e. The predicted molar refractivity (Wildman–Crippen MR) is 223 cm³/mol. The number of fused-ring (bicyclic) bond motifs is 2. The van der Waals surface area contributed by atoms with Gasteiger partial charge in [-0.1, -0.05) is 45.0 Å². The molecule has 5 rings (SSSR count). The predicted octanol–water partition coefficient (Wildman–Crippen LogP) is 5.05. The number of carboxylic acids is 1. The Morgan fingerprint density at radius 2 is 1.77 bits per heavy atom. The molecule has 1 aromatic heterocycles. The van der Waals surface area contributed by atoms with Gasteiger partial charge in [0.25, 0.3) is 5.67 Å². The van der Waals surface area contributed by atoms with Gasteiger partial charge in [0.2, 0.25) is 5.43 Å². The lowest BCUT2D eigenvalue weighted by Gasteiger charge is -2.47. The molecule has 0 radical (unpaired) electrons. The first kappa shape index (κ1) is 48.3. The number of hydrogen-bond donors (Lipinski definition) is 3. The largest absolute Gasteiger partial charge is 0.509 e. The lowest BCUT2D eigenvalue weighted by atomic mass is 9.73. The Morgan fingerprint density at radius 3 is 2.40 bits per heavy atom. The number of aromatic nitrogens is 1. The van der Waals surface area contributed by atoms with E-state index in [9.17, 15) is 34.2 Å². The molecule has 3 aliphatic heterocycles. The van der Waals surface area contributed by atoms with E-state index in [2.05, 4.69) is 10.1 Å². The van der Waals surface area contributed by atoms with E-state index in [4.69, 9.17) is 33.3 Å². The fourth-order valence-electron chi connectivity index (χ4n) is 9.07. The molecule has 3 saturated heterocycles. The summed E-state index contributed by atoms with van der Waals surface area (Å²) in [6.45, 7) is 12.3. The average Bonchev–Trinajstić information content (AvgIpc) is 3.53. The van der Waals surface area contributed by atoms with Crippen molar-refractivity contribution in [1.82, 2.24) is 9.88 Å². The van der Waals surface area contributed by atoms with Crippen LogP contribution < -0.4 is 5.43 Å². The molecule has 2 aromatic rings. The first-order valence-electron chi connectivity index (χ1n) is 20.8. The molecule has 18 heteroatoms.